The van der Waals surface area contributed by atoms with Crippen LogP contribution in [-0.2, 0) is 6.54 Å². The highest BCUT2D eigenvalue weighted by Crippen LogP contribution is 2.31. The molecule has 0 bridgehead atoms. The summed E-state index contributed by atoms with van der Waals surface area (Å²) in [4.78, 5) is 4.57. The molecule has 2 rings (SSSR count). The number of nitrogens with zero attached hydrogens (tertiary/aromatic N) is 4. The van der Waals surface area contributed by atoms with Crippen molar-refractivity contribution in [2.45, 2.75) is 45.4 Å². The van der Waals surface area contributed by atoms with Gasteiger partial charge in [0.05, 0.1) is 12.7 Å². The van der Waals surface area contributed by atoms with Crippen LogP contribution in [0.3, 0.4) is 0 Å². The first-order valence-electron chi connectivity index (χ1n) is 6.82. The van der Waals surface area contributed by atoms with Crippen molar-refractivity contribution >= 4 is 16.9 Å². The standard InChI is InChI=1S/C13H23N5S/c1-13(2,3)9-11-10-15-12(19-11)14-5-4-7-18-8-6-16-17-18/h6,8,11H,4-5,7,9-10H2,1-3H3,(H,14,15). The second-order valence-corrected chi connectivity index (χ2v) is 7.39. The Kier molecular flexibility index (Phi) is 4.85. The molecule has 0 spiro atoms. The van der Waals surface area contributed by atoms with Crippen LogP contribution in [0.5, 0.6) is 0 Å². The highest BCUT2D eigenvalue weighted by atomic mass is 32.2. The minimum atomic E-state index is 0.385. The molecule has 1 N–H and O–H groups in total. The van der Waals surface area contributed by atoms with E-state index >= 15 is 0 Å². The van der Waals surface area contributed by atoms with Crippen molar-refractivity contribution in [3.8, 4) is 0 Å². The van der Waals surface area contributed by atoms with E-state index in [2.05, 4.69) is 41.4 Å². The maximum absolute atomic E-state index is 4.57. The van der Waals surface area contributed by atoms with Gasteiger partial charge in [0.15, 0.2) is 5.17 Å². The number of aromatic nitrogens is 3. The Morgan fingerprint density at radius 1 is 1.47 bits per heavy atom. The van der Waals surface area contributed by atoms with Gasteiger partial charge in [-0.3, -0.25) is 9.67 Å². The predicted molar refractivity (Wildman–Crippen MR) is 80.4 cm³/mol. The molecular weight excluding hydrogens is 258 g/mol. The molecule has 0 amide bonds. The van der Waals surface area contributed by atoms with Gasteiger partial charge in [-0.05, 0) is 18.3 Å². The molecule has 1 aliphatic rings. The van der Waals surface area contributed by atoms with Crippen LogP contribution in [0, 0.1) is 5.41 Å². The Labute approximate surface area is 119 Å². The lowest BCUT2D eigenvalue weighted by Gasteiger charge is -2.21. The molecule has 0 fully saturated rings. The molecular formula is C13H23N5S. The fourth-order valence-corrected chi connectivity index (χ4v) is 3.47. The average Bonchev–Trinajstić information content (AvgIpc) is 2.94. The third-order valence-electron chi connectivity index (χ3n) is 2.87. The van der Waals surface area contributed by atoms with E-state index in [9.17, 15) is 0 Å². The molecule has 6 heteroatoms. The van der Waals surface area contributed by atoms with Gasteiger partial charge < -0.3 is 5.32 Å². The topological polar surface area (TPSA) is 55.1 Å². The number of thioether (sulfide) groups is 1. The largest absolute Gasteiger partial charge is 0.365 e. The molecule has 106 valence electrons. The van der Waals surface area contributed by atoms with E-state index in [0.29, 0.717) is 10.7 Å². The smallest absolute Gasteiger partial charge is 0.156 e. The van der Waals surface area contributed by atoms with Crippen LogP contribution in [0.15, 0.2) is 17.4 Å². The first-order chi connectivity index (χ1) is 9.03. The quantitative estimate of drug-likeness (QED) is 0.840. The van der Waals surface area contributed by atoms with E-state index < -0.39 is 0 Å². The third kappa shape index (κ3) is 5.22. The average molecular weight is 281 g/mol. The summed E-state index contributed by atoms with van der Waals surface area (Å²) < 4.78 is 1.85. The lowest BCUT2D eigenvalue weighted by atomic mass is 9.90. The second-order valence-electron chi connectivity index (χ2n) is 6.10. The normalized spacial score (nSPS) is 19.5. The lowest BCUT2D eigenvalue weighted by molar-refractivity contribution is 0.375. The summed E-state index contributed by atoms with van der Waals surface area (Å²) in [7, 11) is 0. The molecule has 1 atom stereocenters. The van der Waals surface area contributed by atoms with Crippen molar-refractivity contribution < 1.29 is 0 Å². The van der Waals surface area contributed by atoms with E-state index in [1.54, 1.807) is 6.20 Å². The Morgan fingerprint density at radius 2 is 2.32 bits per heavy atom. The summed E-state index contributed by atoms with van der Waals surface area (Å²) >= 11 is 1.89. The fraction of sp³-hybridized carbons (Fsp3) is 0.769. The van der Waals surface area contributed by atoms with Crippen LogP contribution in [0.4, 0.5) is 0 Å². The molecule has 0 aliphatic carbocycles. The fourth-order valence-electron chi connectivity index (χ4n) is 2.09. The summed E-state index contributed by atoms with van der Waals surface area (Å²) in [5.41, 5.74) is 0.385. The van der Waals surface area contributed by atoms with Gasteiger partial charge >= 0.3 is 0 Å². The van der Waals surface area contributed by atoms with Crippen LogP contribution < -0.4 is 5.32 Å². The Hall–Kier alpha value is -1.04. The molecule has 5 nitrogen and oxygen atoms in total. The lowest BCUT2D eigenvalue weighted by Crippen LogP contribution is -2.22. The number of hydrogen-bond donors (Lipinski definition) is 1. The number of amidine groups is 1. The number of nitrogens with one attached hydrogen (secondary N) is 1. The maximum Gasteiger partial charge on any atom is 0.156 e. The highest BCUT2D eigenvalue weighted by Gasteiger charge is 2.24. The van der Waals surface area contributed by atoms with Gasteiger partial charge in [0.25, 0.3) is 0 Å². The Balaban J connectivity index is 1.60. The van der Waals surface area contributed by atoms with Crippen molar-refractivity contribution in [3.05, 3.63) is 12.4 Å². The van der Waals surface area contributed by atoms with Gasteiger partial charge in [-0.15, -0.1) is 5.10 Å². The van der Waals surface area contributed by atoms with Crippen molar-refractivity contribution in [1.82, 2.24) is 20.3 Å². The number of aliphatic imine (C=N–C) groups is 1. The molecule has 1 aromatic heterocycles. The van der Waals surface area contributed by atoms with Gasteiger partial charge in [-0.2, -0.15) is 0 Å². The highest BCUT2D eigenvalue weighted by molar-refractivity contribution is 8.14. The van der Waals surface area contributed by atoms with Gasteiger partial charge in [-0.25, -0.2) is 0 Å². The van der Waals surface area contributed by atoms with Crippen molar-refractivity contribution in [3.63, 3.8) is 0 Å². The zero-order valence-electron chi connectivity index (χ0n) is 12.0. The zero-order valence-corrected chi connectivity index (χ0v) is 12.8. The van der Waals surface area contributed by atoms with Crippen molar-refractivity contribution in [2.75, 3.05) is 13.1 Å². The number of hydrogen-bond acceptors (Lipinski definition) is 5. The molecule has 1 aliphatic heterocycles. The van der Waals surface area contributed by atoms with Crippen molar-refractivity contribution in [1.29, 1.82) is 0 Å². The van der Waals surface area contributed by atoms with Gasteiger partial charge in [0, 0.05) is 24.5 Å². The monoisotopic (exact) mass is 281 g/mol. The van der Waals surface area contributed by atoms with Crippen molar-refractivity contribution in [2.24, 2.45) is 10.4 Å². The molecule has 1 aromatic rings. The number of rotatable bonds is 5. The molecule has 1 unspecified atom stereocenters. The molecule has 0 aromatic carbocycles. The third-order valence-corrected chi connectivity index (χ3v) is 4.01. The molecule has 0 saturated carbocycles. The second kappa shape index (κ2) is 6.41. The summed E-state index contributed by atoms with van der Waals surface area (Å²) in [6, 6.07) is 0. The van der Waals surface area contributed by atoms with Crippen LogP contribution in [0.2, 0.25) is 0 Å². The zero-order chi connectivity index (χ0) is 13.7. The predicted octanol–water partition coefficient (Wildman–Crippen LogP) is 2.17. The Morgan fingerprint density at radius 3 is 3.00 bits per heavy atom. The molecule has 0 saturated heterocycles. The molecule has 2 heterocycles. The molecule has 0 radical (unpaired) electrons. The first kappa shape index (κ1) is 14.4. The van der Waals surface area contributed by atoms with Gasteiger partial charge in [-0.1, -0.05) is 37.7 Å². The number of aryl methyl sites for hydroxylation is 1. The summed E-state index contributed by atoms with van der Waals surface area (Å²) in [5.74, 6) is 0. The van der Waals surface area contributed by atoms with E-state index in [1.165, 1.54) is 6.42 Å². The Bertz CT molecular complexity index is 407. The van der Waals surface area contributed by atoms with E-state index in [1.807, 2.05) is 22.6 Å². The first-order valence-corrected chi connectivity index (χ1v) is 7.70. The minimum Gasteiger partial charge on any atom is -0.365 e. The summed E-state index contributed by atoms with van der Waals surface area (Å²) in [6.45, 7) is 9.66. The summed E-state index contributed by atoms with van der Waals surface area (Å²) in [6.07, 6.45) is 5.85. The van der Waals surface area contributed by atoms with Gasteiger partial charge in [0.1, 0.15) is 0 Å². The van der Waals surface area contributed by atoms with Crippen LogP contribution >= 0.6 is 11.8 Å². The van der Waals surface area contributed by atoms with Gasteiger partial charge in [0.2, 0.25) is 0 Å². The minimum absolute atomic E-state index is 0.385. The van der Waals surface area contributed by atoms with E-state index in [4.69, 9.17) is 0 Å². The van der Waals surface area contributed by atoms with Crippen LogP contribution in [0.25, 0.3) is 0 Å². The summed E-state index contributed by atoms with van der Waals surface area (Å²) in [5, 5.41) is 12.9. The molecule has 19 heavy (non-hydrogen) atoms. The SMILES string of the molecule is CC(C)(C)CC1CN=C(NCCCn2ccnn2)S1. The maximum atomic E-state index is 4.57. The van der Waals surface area contributed by atoms with Crippen LogP contribution in [0.1, 0.15) is 33.6 Å². The van der Waals surface area contributed by atoms with E-state index in [-0.39, 0.29) is 0 Å². The van der Waals surface area contributed by atoms with E-state index in [0.717, 1.165) is 31.2 Å². The van der Waals surface area contributed by atoms with Crippen LogP contribution in [-0.4, -0.2) is 38.5 Å².